The number of benzene rings is 1. The topological polar surface area (TPSA) is 25.4 Å². The highest BCUT2D eigenvalue weighted by Gasteiger charge is 2.18. The molecule has 1 aromatic heterocycles. The summed E-state index contributed by atoms with van der Waals surface area (Å²) < 4.78 is 19.7. The molecule has 0 unspecified atom stereocenters. The zero-order valence-corrected chi connectivity index (χ0v) is 14.6. The molecule has 23 heavy (non-hydrogen) atoms. The molecule has 0 bridgehead atoms. The molecular formula is C19H25FN2O. The quantitative estimate of drug-likeness (QED) is 0.810. The van der Waals surface area contributed by atoms with Gasteiger partial charge in [-0.1, -0.05) is 19.9 Å². The van der Waals surface area contributed by atoms with Crippen molar-refractivity contribution in [2.24, 2.45) is 0 Å². The molecule has 1 aliphatic heterocycles. The summed E-state index contributed by atoms with van der Waals surface area (Å²) in [5.41, 5.74) is 3.52. The molecule has 0 saturated carbocycles. The lowest BCUT2D eigenvalue weighted by atomic mass is 9.97. The standard InChI is InChI=1S/C17H19FN2O.C2H6/c1-11-8-17(21-3)14-9-12(4-5-16(14)19-11)13-6-7-20(2)10-15(13)18;1-2/h4-5,8-9H,6-7,10H2,1-3H3;1-2H3. The van der Waals surface area contributed by atoms with Gasteiger partial charge in [-0.3, -0.25) is 9.88 Å². The molecule has 2 heterocycles. The maximum atomic E-state index is 14.2. The van der Waals surface area contributed by atoms with Gasteiger partial charge < -0.3 is 4.74 Å². The summed E-state index contributed by atoms with van der Waals surface area (Å²) in [6.45, 7) is 7.20. The van der Waals surface area contributed by atoms with Crippen LogP contribution in [0.15, 0.2) is 30.1 Å². The van der Waals surface area contributed by atoms with Crippen LogP contribution < -0.4 is 4.74 Å². The second-order valence-electron chi connectivity index (χ2n) is 5.57. The summed E-state index contributed by atoms with van der Waals surface area (Å²) >= 11 is 0. The molecule has 124 valence electrons. The van der Waals surface area contributed by atoms with Crippen molar-refractivity contribution in [2.45, 2.75) is 27.2 Å². The van der Waals surface area contributed by atoms with Gasteiger partial charge in [0.05, 0.1) is 19.2 Å². The number of aromatic nitrogens is 1. The van der Waals surface area contributed by atoms with Gasteiger partial charge in [-0.25, -0.2) is 4.39 Å². The Morgan fingerprint density at radius 2 is 1.96 bits per heavy atom. The van der Waals surface area contributed by atoms with Crippen LogP contribution in [0.4, 0.5) is 4.39 Å². The fourth-order valence-corrected chi connectivity index (χ4v) is 2.83. The van der Waals surface area contributed by atoms with Crippen LogP contribution in [-0.2, 0) is 0 Å². The van der Waals surface area contributed by atoms with E-state index in [-0.39, 0.29) is 5.83 Å². The minimum Gasteiger partial charge on any atom is -0.496 e. The number of pyridine rings is 1. The monoisotopic (exact) mass is 316 g/mol. The summed E-state index contributed by atoms with van der Waals surface area (Å²) in [6.07, 6.45) is 0.732. The van der Waals surface area contributed by atoms with Crippen molar-refractivity contribution in [1.29, 1.82) is 0 Å². The van der Waals surface area contributed by atoms with Crippen LogP contribution >= 0.6 is 0 Å². The van der Waals surface area contributed by atoms with Gasteiger partial charge in [0.15, 0.2) is 0 Å². The number of ether oxygens (including phenoxy) is 1. The number of likely N-dealkylation sites (N-methyl/N-ethyl adjacent to an activating group) is 1. The SMILES string of the molecule is CC.COc1cc(C)nc2ccc(C3=C(F)CN(C)CC3)cc12. The third-order valence-electron chi connectivity index (χ3n) is 3.95. The zero-order valence-electron chi connectivity index (χ0n) is 14.6. The Balaban J connectivity index is 0.000000924. The summed E-state index contributed by atoms with van der Waals surface area (Å²) in [6, 6.07) is 7.79. The molecular weight excluding hydrogens is 291 g/mol. The number of nitrogens with zero attached hydrogens (tertiary/aromatic N) is 2. The number of rotatable bonds is 2. The lowest BCUT2D eigenvalue weighted by Crippen LogP contribution is -2.26. The summed E-state index contributed by atoms with van der Waals surface area (Å²) in [4.78, 5) is 6.49. The zero-order chi connectivity index (χ0) is 17.0. The normalized spacial score (nSPS) is 15.4. The van der Waals surface area contributed by atoms with E-state index in [4.69, 9.17) is 4.74 Å². The molecule has 0 fully saturated rings. The molecule has 0 spiro atoms. The lowest BCUT2D eigenvalue weighted by molar-refractivity contribution is 0.327. The first-order valence-electron chi connectivity index (χ1n) is 8.10. The summed E-state index contributed by atoms with van der Waals surface area (Å²) in [5.74, 6) is 0.746. The van der Waals surface area contributed by atoms with Gasteiger partial charge in [-0.15, -0.1) is 0 Å². The summed E-state index contributed by atoms with van der Waals surface area (Å²) in [7, 11) is 3.59. The van der Waals surface area contributed by atoms with Gasteiger partial charge in [0, 0.05) is 23.7 Å². The van der Waals surface area contributed by atoms with Crippen LogP contribution in [0.1, 0.15) is 31.5 Å². The van der Waals surface area contributed by atoms with E-state index in [1.807, 2.05) is 57.0 Å². The number of fused-ring (bicyclic) bond motifs is 1. The van der Waals surface area contributed by atoms with Crippen LogP contribution in [0.3, 0.4) is 0 Å². The number of halogens is 1. The van der Waals surface area contributed by atoms with E-state index in [1.165, 1.54) is 0 Å². The number of aryl methyl sites for hydroxylation is 1. The van der Waals surface area contributed by atoms with E-state index < -0.39 is 0 Å². The second kappa shape index (κ2) is 7.55. The smallest absolute Gasteiger partial charge is 0.130 e. The average Bonchev–Trinajstić information content (AvgIpc) is 2.55. The van der Waals surface area contributed by atoms with Crippen molar-refractivity contribution < 1.29 is 9.13 Å². The van der Waals surface area contributed by atoms with Crippen molar-refractivity contribution in [1.82, 2.24) is 9.88 Å². The predicted molar refractivity (Wildman–Crippen MR) is 94.5 cm³/mol. The van der Waals surface area contributed by atoms with Crippen molar-refractivity contribution in [3.63, 3.8) is 0 Å². The molecule has 2 aromatic rings. The molecule has 1 aliphatic rings. The first-order chi connectivity index (χ1) is 11.1. The van der Waals surface area contributed by atoms with Gasteiger partial charge in [0.2, 0.25) is 0 Å². The van der Waals surface area contributed by atoms with E-state index >= 15 is 0 Å². The molecule has 0 N–H and O–H groups in total. The highest BCUT2D eigenvalue weighted by Crippen LogP contribution is 2.32. The third kappa shape index (κ3) is 3.70. The van der Waals surface area contributed by atoms with Gasteiger partial charge in [0.1, 0.15) is 11.6 Å². The predicted octanol–water partition coefficient (Wildman–Crippen LogP) is 4.59. The molecule has 0 amide bonds. The van der Waals surface area contributed by atoms with Gasteiger partial charge >= 0.3 is 0 Å². The van der Waals surface area contributed by atoms with E-state index in [1.54, 1.807) is 7.11 Å². The lowest BCUT2D eigenvalue weighted by Gasteiger charge is -2.24. The van der Waals surface area contributed by atoms with E-state index in [9.17, 15) is 4.39 Å². The average molecular weight is 316 g/mol. The third-order valence-corrected chi connectivity index (χ3v) is 3.95. The second-order valence-corrected chi connectivity index (χ2v) is 5.57. The minimum atomic E-state index is -0.0397. The van der Waals surface area contributed by atoms with Crippen molar-refractivity contribution >= 4 is 16.5 Å². The van der Waals surface area contributed by atoms with E-state index in [0.717, 1.165) is 46.4 Å². The fourth-order valence-electron chi connectivity index (χ4n) is 2.83. The Labute approximate surface area is 137 Å². The number of methoxy groups -OCH3 is 1. The van der Waals surface area contributed by atoms with Gasteiger partial charge in [-0.05, 0) is 43.7 Å². The molecule has 0 atom stereocenters. The molecule has 0 saturated heterocycles. The van der Waals surface area contributed by atoms with E-state index in [0.29, 0.717) is 6.54 Å². The Bertz CT molecular complexity index is 725. The molecule has 1 aromatic carbocycles. The molecule has 0 aliphatic carbocycles. The Morgan fingerprint density at radius 1 is 1.22 bits per heavy atom. The number of hydrogen-bond acceptors (Lipinski definition) is 3. The fraction of sp³-hybridized carbons (Fsp3) is 0.421. The first-order valence-corrected chi connectivity index (χ1v) is 8.10. The molecule has 3 rings (SSSR count). The van der Waals surface area contributed by atoms with Crippen molar-refractivity contribution in [3.05, 3.63) is 41.3 Å². The minimum absolute atomic E-state index is 0.0397. The maximum Gasteiger partial charge on any atom is 0.130 e. The van der Waals surface area contributed by atoms with Crippen LogP contribution in [0.5, 0.6) is 5.75 Å². The van der Waals surface area contributed by atoms with Crippen LogP contribution in [0.2, 0.25) is 0 Å². The van der Waals surface area contributed by atoms with E-state index in [2.05, 4.69) is 4.98 Å². The number of hydrogen-bond donors (Lipinski definition) is 0. The largest absolute Gasteiger partial charge is 0.496 e. The molecule has 3 nitrogen and oxygen atoms in total. The van der Waals surface area contributed by atoms with Crippen LogP contribution in [0, 0.1) is 6.92 Å². The highest BCUT2D eigenvalue weighted by molar-refractivity contribution is 5.89. The van der Waals surface area contributed by atoms with Crippen LogP contribution in [0.25, 0.3) is 16.5 Å². The first kappa shape index (κ1) is 17.4. The van der Waals surface area contributed by atoms with Crippen molar-refractivity contribution in [2.75, 3.05) is 27.2 Å². The summed E-state index contributed by atoms with van der Waals surface area (Å²) in [5, 5.41) is 0.930. The highest BCUT2D eigenvalue weighted by atomic mass is 19.1. The Morgan fingerprint density at radius 3 is 2.61 bits per heavy atom. The van der Waals surface area contributed by atoms with Crippen molar-refractivity contribution in [3.8, 4) is 5.75 Å². The van der Waals surface area contributed by atoms with Gasteiger partial charge in [0.25, 0.3) is 0 Å². The molecule has 0 radical (unpaired) electrons. The van der Waals surface area contributed by atoms with Crippen LogP contribution in [-0.4, -0.2) is 37.1 Å². The van der Waals surface area contributed by atoms with Gasteiger partial charge in [-0.2, -0.15) is 0 Å². The maximum absolute atomic E-state index is 14.2. The molecule has 4 heteroatoms. The Hall–Kier alpha value is -1.94. The Kier molecular flexibility index (Phi) is 5.72.